The van der Waals surface area contributed by atoms with Crippen molar-refractivity contribution in [2.75, 3.05) is 0 Å². The number of carbonyl (C=O) groups excluding carboxylic acids is 1. The van der Waals surface area contributed by atoms with Crippen LogP contribution in [0.4, 0.5) is 0 Å². The van der Waals surface area contributed by atoms with Crippen LogP contribution in [-0.4, -0.2) is 5.94 Å². The Kier molecular flexibility index (Phi) is 3.47. The highest BCUT2D eigenvalue weighted by molar-refractivity contribution is 14.1. The molecule has 2 heteroatoms. The highest BCUT2D eigenvalue weighted by atomic mass is 127. The minimum Gasteiger partial charge on any atom is -0.233 e. The van der Waals surface area contributed by atoms with Crippen molar-refractivity contribution in [3.05, 3.63) is 3.58 Å². The summed E-state index contributed by atoms with van der Waals surface area (Å²) in [5, 5.41) is 0. The number of halogens is 1. The molecular weight excluding hydrogens is 191 g/mol. The van der Waals surface area contributed by atoms with Gasteiger partial charge in [0.1, 0.15) is 5.94 Å². The van der Waals surface area contributed by atoms with Gasteiger partial charge in [-0.1, -0.05) is 6.92 Å². The molecule has 0 bridgehead atoms. The van der Waals surface area contributed by atoms with Crippen molar-refractivity contribution < 1.29 is 4.79 Å². The SMILES string of the molecule is CCC(I)=C=O. The van der Waals surface area contributed by atoms with Gasteiger partial charge in [-0.25, -0.2) is 4.79 Å². The second-order valence-electron chi connectivity index (χ2n) is 0.861. The molecule has 0 aromatic carbocycles. The summed E-state index contributed by atoms with van der Waals surface area (Å²) in [6, 6.07) is 0. The first-order valence-electron chi connectivity index (χ1n) is 1.70. The van der Waals surface area contributed by atoms with E-state index in [1.54, 1.807) is 5.94 Å². The molecule has 0 saturated heterocycles. The maximum absolute atomic E-state index is 9.57. The van der Waals surface area contributed by atoms with Crippen molar-refractivity contribution in [3.8, 4) is 0 Å². The Morgan fingerprint density at radius 1 is 2.00 bits per heavy atom. The van der Waals surface area contributed by atoms with Crippen molar-refractivity contribution in [2.45, 2.75) is 13.3 Å². The number of allylic oxidation sites excluding steroid dienone is 1. The molecule has 0 amide bonds. The van der Waals surface area contributed by atoms with E-state index in [9.17, 15) is 4.79 Å². The minimum absolute atomic E-state index is 0.757. The predicted molar refractivity (Wildman–Crippen MR) is 33.5 cm³/mol. The summed E-state index contributed by atoms with van der Waals surface area (Å²) in [7, 11) is 0. The van der Waals surface area contributed by atoms with E-state index in [0.29, 0.717) is 0 Å². The van der Waals surface area contributed by atoms with Crippen molar-refractivity contribution >= 4 is 28.5 Å². The first-order valence-corrected chi connectivity index (χ1v) is 2.78. The van der Waals surface area contributed by atoms with E-state index in [1.807, 2.05) is 29.5 Å². The second-order valence-corrected chi connectivity index (χ2v) is 2.16. The molecule has 0 radical (unpaired) electrons. The van der Waals surface area contributed by atoms with Crippen LogP contribution in [0.1, 0.15) is 13.3 Å². The average Bonchev–Trinajstić information content (AvgIpc) is 1.65. The molecule has 0 atom stereocenters. The lowest BCUT2D eigenvalue weighted by atomic mass is 10.5. The Morgan fingerprint density at radius 3 is 2.50 bits per heavy atom. The topological polar surface area (TPSA) is 17.1 Å². The van der Waals surface area contributed by atoms with Gasteiger partial charge in [0.2, 0.25) is 0 Å². The summed E-state index contributed by atoms with van der Waals surface area (Å²) in [6.07, 6.45) is 0.810. The van der Waals surface area contributed by atoms with E-state index in [4.69, 9.17) is 0 Å². The van der Waals surface area contributed by atoms with E-state index in [0.717, 1.165) is 10.0 Å². The van der Waals surface area contributed by atoms with Crippen molar-refractivity contribution in [1.82, 2.24) is 0 Å². The summed E-state index contributed by atoms with van der Waals surface area (Å²) in [5.41, 5.74) is 0. The Hall–Kier alpha value is 0.180. The van der Waals surface area contributed by atoms with Crippen LogP contribution >= 0.6 is 22.6 Å². The summed E-state index contributed by atoms with van der Waals surface area (Å²) < 4.78 is 0.757. The van der Waals surface area contributed by atoms with Gasteiger partial charge in [0.15, 0.2) is 0 Å². The summed E-state index contributed by atoms with van der Waals surface area (Å²) in [6.45, 7) is 1.92. The molecule has 0 aromatic heterocycles. The summed E-state index contributed by atoms with van der Waals surface area (Å²) in [5.74, 6) is 1.77. The molecule has 6 heavy (non-hydrogen) atoms. The van der Waals surface area contributed by atoms with Gasteiger partial charge in [-0.2, -0.15) is 0 Å². The first-order chi connectivity index (χ1) is 2.81. The van der Waals surface area contributed by atoms with E-state index >= 15 is 0 Å². The van der Waals surface area contributed by atoms with Crippen LogP contribution in [0.2, 0.25) is 0 Å². The normalized spacial score (nSPS) is 7.00. The van der Waals surface area contributed by atoms with E-state index in [1.165, 1.54) is 0 Å². The largest absolute Gasteiger partial charge is 0.233 e. The van der Waals surface area contributed by atoms with Crippen molar-refractivity contribution in [1.29, 1.82) is 0 Å². The van der Waals surface area contributed by atoms with Gasteiger partial charge < -0.3 is 0 Å². The molecule has 0 saturated carbocycles. The quantitative estimate of drug-likeness (QED) is 0.459. The molecule has 0 rings (SSSR count). The number of hydrogen-bond donors (Lipinski definition) is 0. The van der Waals surface area contributed by atoms with Gasteiger partial charge in [-0.15, -0.1) is 0 Å². The molecule has 0 fully saturated rings. The van der Waals surface area contributed by atoms with Gasteiger partial charge >= 0.3 is 0 Å². The van der Waals surface area contributed by atoms with Gasteiger partial charge in [-0.05, 0) is 29.0 Å². The molecule has 0 aliphatic rings. The maximum Gasteiger partial charge on any atom is 0.134 e. The molecule has 0 aliphatic carbocycles. The summed E-state index contributed by atoms with van der Waals surface area (Å²) >= 11 is 1.96. The lowest BCUT2D eigenvalue weighted by Gasteiger charge is -1.73. The molecule has 0 aromatic rings. The van der Waals surface area contributed by atoms with Crippen molar-refractivity contribution in [3.63, 3.8) is 0 Å². The van der Waals surface area contributed by atoms with E-state index in [-0.39, 0.29) is 0 Å². The monoisotopic (exact) mass is 196 g/mol. The van der Waals surface area contributed by atoms with Gasteiger partial charge in [0.05, 0.1) is 3.58 Å². The summed E-state index contributed by atoms with van der Waals surface area (Å²) in [4.78, 5) is 9.57. The highest BCUT2D eigenvalue weighted by Crippen LogP contribution is 2.02. The average molecular weight is 196 g/mol. The van der Waals surface area contributed by atoms with Gasteiger partial charge in [-0.3, -0.25) is 0 Å². The fourth-order valence-electron chi connectivity index (χ4n) is 0.0722. The Balaban J connectivity index is 3.52. The van der Waals surface area contributed by atoms with Gasteiger partial charge in [0.25, 0.3) is 0 Å². The third kappa shape index (κ3) is 2.42. The van der Waals surface area contributed by atoms with Crippen LogP contribution < -0.4 is 0 Å². The zero-order valence-electron chi connectivity index (χ0n) is 3.49. The zero-order valence-corrected chi connectivity index (χ0v) is 5.65. The van der Waals surface area contributed by atoms with Crippen LogP contribution in [0.3, 0.4) is 0 Å². The lowest BCUT2D eigenvalue weighted by Crippen LogP contribution is -1.60. The van der Waals surface area contributed by atoms with Crippen LogP contribution in [0.15, 0.2) is 3.58 Å². The molecule has 34 valence electrons. The Bertz CT molecular complexity index is 81.5. The molecule has 0 spiro atoms. The number of hydrogen-bond acceptors (Lipinski definition) is 1. The molecule has 0 unspecified atom stereocenters. The van der Waals surface area contributed by atoms with Crippen LogP contribution in [-0.2, 0) is 4.79 Å². The van der Waals surface area contributed by atoms with Crippen LogP contribution in [0, 0.1) is 0 Å². The third-order valence-electron chi connectivity index (χ3n) is 0.421. The molecule has 0 aliphatic heterocycles. The predicted octanol–water partition coefficient (Wildman–Crippen LogP) is 1.55. The zero-order chi connectivity index (χ0) is 4.99. The Labute approximate surface area is 50.6 Å². The van der Waals surface area contributed by atoms with Gasteiger partial charge in [0, 0.05) is 0 Å². The van der Waals surface area contributed by atoms with Crippen molar-refractivity contribution in [2.24, 2.45) is 0 Å². The second kappa shape index (κ2) is 3.37. The molecule has 1 nitrogen and oxygen atoms in total. The first kappa shape index (κ1) is 6.18. The van der Waals surface area contributed by atoms with Crippen LogP contribution in [0.5, 0.6) is 0 Å². The fourth-order valence-corrected chi connectivity index (χ4v) is 0.0722. The van der Waals surface area contributed by atoms with E-state index < -0.39 is 0 Å². The maximum atomic E-state index is 9.57. The fraction of sp³-hybridized carbons (Fsp3) is 0.500. The highest BCUT2D eigenvalue weighted by Gasteiger charge is 1.78. The smallest absolute Gasteiger partial charge is 0.134 e. The minimum atomic E-state index is 0.757. The standard InChI is InChI=1S/C4H5IO/c1-2-4(5)3-6/h2H2,1H3. The molecule has 0 heterocycles. The molecule has 0 N–H and O–H groups in total. The number of rotatable bonds is 1. The molecular formula is C4H5IO. The lowest BCUT2D eigenvalue weighted by molar-refractivity contribution is 0.568. The third-order valence-corrected chi connectivity index (χ3v) is 1.40. The van der Waals surface area contributed by atoms with E-state index in [2.05, 4.69) is 0 Å². The Morgan fingerprint density at radius 2 is 2.50 bits per heavy atom. The van der Waals surface area contributed by atoms with Crippen LogP contribution in [0.25, 0.3) is 0 Å².